The van der Waals surface area contributed by atoms with Crippen LogP contribution in [-0.4, -0.2) is 43.0 Å². The van der Waals surface area contributed by atoms with Crippen molar-refractivity contribution in [3.63, 3.8) is 0 Å². The number of rotatable bonds is 11. The lowest BCUT2D eigenvalue weighted by molar-refractivity contribution is -0.123. The molecule has 35 heavy (non-hydrogen) atoms. The average molecular weight is 474 g/mol. The van der Waals surface area contributed by atoms with Crippen LogP contribution in [0.15, 0.2) is 84.1 Å². The average Bonchev–Trinajstić information content (AvgIpc) is 2.92. The molecule has 0 atom stereocenters. The molecular weight excluding hydrogens is 442 g/mol. The second-order valence-electron chi connectivity index (χ2n) is 8.47. The van der Waals surface area contributed by atoms with Gasteiger partial charge in [-0.15, -0.1) is 0 Å². The monoisotopic (exact) mass is 473 g/mol. The zero-order valence-corrected chi connectivity index (χ0v) is 19.8. The van der Waals surface area contributed by atoms with Crippen molar-refractivity contribution in [3.8, 4) is 5.75 Å². The van der Waals surface area contributed by atoms with E-state index in [2.05, 4.69) is 27.6 Å². The van der Waals surface area contributed by atoms with Crippen LogP contribution in [0, 0.1) is 5.92 Å². The molecule has 1 aliphatic heterocycles. The summed E-state index contributed by atoms with van der Waals surface area (Å²) in [6, 6.07) is 23.4. The van der Waals surface area contributed by atoms with E-state index >= 15 is 0 Å². The van der Waals surface area contributed by atoms with Gasteiger partial charge in [0.05, 0.1) is 11.4 Å². The Morgan fingerprint density at radius 3 is 2.51 bits per heavy atom. The van der Waals surface area contributed by atoms with Gasteiger partial charge in [0.2, 0.25) is 0 Å². The fraction of sp³-hybridized carbons (Fsp3) is 0.321. The third-order valence-corrected chi connectivity index (χ3v) is 5.81. The highest BCUT2D eigenvalue weighted by atomic mass is 16.6. The van der Waals surface area contributed by atoms with Gasteiger partial charge < -0.3 is 19.6 Å². The SMILES string of the molecule is O=C(COc1ccc(C(Cc2ccccc2)=NOCc2ccccn2)cc1)NCC1CCOCC1. The number of ether oxygens (including phenoxy) is 2. The van der Waals surface area contributed by atoms with Gasteiger partial charge in [-0.25, -0.2) is 0 Å². The van der Waals surface area contributed by atoms with Crippen molar-refractivity contribution in [1.82, 2.24) is 10.3 Å². The van der Waals surface area contributed by atoms with Crippen molar-refractivity contribution < 1.29 is 19.1 Å². The second-order valence-corrected chi connectivity index (χ2v) is 8.47. The number of carbonyl (C=O) groups excluding carboxylic acids is 1. The number of amides is 1. The second kappa shape index (κ2) is 13.2. The smallest absolute Gasteiger partial charge is 0.257 e. The molecule has 0 spiro atoms. The van der Waals surface area contributed by atoms with Gasteiger partial charge in [0.15, 0.2) is 13.2 Å². The molecule has 4 rings (SSSR count). The van der Waals surface area contributed by atoms with Gasteiger partial charge in [-0.1, -0.05) is 41.6 Å². The summed E-state index contributed by atoms with van der Waals surface area (Å²) in [5.41, 5.74) is 3.67. The number of nitrogens with zero attached hydrogens (tertiary/aromatic N) is 2. The molecule has 0 saturated carbocycles. The van der Waals surface area contributed by atoms with Crippen molar-refractivity contribution in [2.45, 2.75) is 25.9 Å². The Hall–Kier alpha value is -3.71. The van der Waals surface area contributed by atoms with E-state index in [0.29, 0.717) is 31.2 Å². The third kappa shape index (κ3) is 8.22. The lowest BCUT2D eigenvalue weighted by atomic mass is 10.0. The first-order valence-corrected chi connectivity index (χ1v) is 12.0. The summed E-state index contributed by atoms with van der Waals surface area (Å²) in [6.07, 6.45) is 4.33. The first kappa shape index (κ1) is 24.4. The fourth-order valence-electron chi connectivity index (χ4n) is 3.79. The Labute approximate surface area is 206 Å². The van der Waals surface area contributed by atoms with E-state index in [1.807, 2.05) is 60.7 Å². The standard InChI is InChI=1S/C28H31N3O4/c32-28(30-19-23-13-16-33-17-14-23)21-34-26-11-9-24(10-12-26)27(18-22-6-2-1-3-7-22)31-35-20-25-8-4-5-15-29-25/h1-12,15,23H,13-14,16-21H2,(H,30,32). The maximum atomic E-state index is 12.2. The van der Waals surface area contributed by atoms with Crippen LogP contribution in [0.3, 0.4) is 0 Å². The fourth-order valence-corrected chi connectivity index (χ4v) is 3.79. The molecule has 1 amide bonds. The van der Waals surface area contributed by atoms with Gasteiger partial charge in [-0.2, -0.15) is 0 Å². The Morgan fingerprint density at radius 2 is 1.77 bits per heavy atom. The number of benzene rings is 2. The predicted molar refractivity (Wildman–Crippen MR) is 134 cm³/mol. The lowest BCUT2D eigenvalue weighted by Crippen LogP contribution is -2.35. The Kier molecular flexibility index (Phi) is 9.24. The quantitative estimate of drug-likeness (QED) is 0.334. The molecule has 3 aromatic rings. The minimum absolute atomic E-state index is 0.0132. The molecule has 2 aromatic carbocycles. The summed E-state index contributed by atoms with van der Waals surface area (Å²) in [7, 11) is 0. The first-order valence-electron chi connectivity index (χ1n) is 12.0. The summed E-state index contributed by atoms with van der Waals surface area (Å²) in [5.74, 6) is 0.993. The number of hydrogen-bond donors (Lipinski definition) is 1. The van der Waals surface area contributed by atoms with Gasteiger partial charge >= 0.3 is 0 Å². The summed E-state index contributed by atoms with van der Waals surface area (Å²) in [5, 5.41) is 7.38. The molecule has 182 valence electrons. The highest BCUT2D eigenvalue weighted by Gasteiger charge is 2.15. The summed E-state index contributed by atoms with van der Waals surface area (Å²) in [4.78, 5) is 22.1. The molecule has 0 aliphatic carbocycles. The first-order chi connectivity index (χ1) is 17.3. The van der Waals surface area contributed by atoms with Crippen molar-refractivity contribution in [3.05, 3.63) is 95.8 Å². The van der Waals surface area contributed by atoms with E-state index in [1.54, 1.807) is 6.20 Å². The van der Waals surface area contributed by atoms with Gasteiger partial charge in [0, 0.05) is 32.4 Å². The van der Waals surface area contributed by atoms with Gasteiger partial charge in [-0.05, 0) is 66.3 Å². The van der Waals surface area contributed by atoms with Crippen LogP contribution < -0.4 is 10.1 Å². The molecule has 1 aromatic heterocycles. The normalized spacial score (nSPS) is 14.3. The minimum atomic E-state index is -0.116. The molecule has 1 fully saturated rings. The molecule has 0 radical (unpaired) electrons. The number of nitrogens with one attached hydrogen (secondary N) is 1. The summed E-state index contributed by atoms with van der Waals surface area (Å²) < 4.78 is 11.0. The summed E-state index contributed by atoms with van der Waals surface area (Å²) >= 11 is 0. The number of oxime groups is 1. The van der Waals surface area contributed by atoms with Crippen molar-refractivity contribution in [2.24, 2.45) is 11.1 Å². The zero-order chi connectivity index (χ0) is 24.1. The van der Waals surface area contributed by atoms with Crippen LogP contribution >= 0.6 is 0 Å². The van der Waals surface area contributed by atoms with Crippen LogP contribution in [0.4, 0.5) is 0 Å². The molecule has 7 nitrogen and oxygen atoms in total. The highest BCUT2D eigenvalue weighted by molar-refractivity contribution is 6.01. The van der Waals surface area contributed by atoms with Crippen molar-refractivity contribution in [2.75, 3.05) is 26.4 Å². The molecule has 1 aliphatic rings. The Balaban J connectivity index is 1.33. The third-order valence-electron chi connectivity index (χ3n) is 5.81. The minimum Gasteiger partial charge on any atom is -0.484 e. The van der Waals surface area contributed by atoms with E-state index in [1.165, 1.54) is 0 Å². The number of pyridine rings is 1. The van der Waals surface area contributed by atoms with Crippen LogP contribution in [-0.2, 0) is 27.4 Å². The highest BCUT2D eigenvalue weighted by Crippen LogP contribution is 2.16. The Morgan fingerprint density at radius 1 is 1.00 bits per heavy atom. The van der Waals surface area contributed by atoms with Crippen LogP contribution in [0.25, 0.3) is 0 Å². The van der Waals surface area contributed by atoms with E-state index in [0.717, 1.165) is 48.6 Å². The molecular formula is C28H31N3O4. The molecule has 7 heteroatoms. The number of carbonyl (C=O) groups is 1. The van der Waals surface area contributed by atoms with E-state index in [4.69, 9.17) is 14.3 Å². The van der Waals surface area contributed by atoms with Crippen LogP contribution in [0.1, 0.15) is 29.7 Å². The van der Waals surface area contributed by atoms with Crippen LogP contribution in [0.5, 0.6) is 5.75 Å². The number of hydrogen-bond acceptors (Lipinski definition) is 6. The molecule has 0 bridgehead atoms. The molecule has 1 saturated heterocycles. The van der Waals surface area contributed by atoms with E-state index < -0.39 is 0 Å². The maximum absolute atomic E-state index is 12.2. The lowest BCUT2D eigenvalue weighted by Gasteiger charge is -2.22. The summed E-state index contributed by atoms with van der Waals surface area (Å²) in [6.45, 7) is 2.49. The van der Waals surface area contributed by atoms with Gasteiger partial charge in [-0.3, -0.25) is 9.78 Å². The molecule has 2 heterocycles. The number of aromatic nitrogens is 1. The maximum Gasteiger partial charge on any atom is 0.257 e. The zero-order valence-electron chi connectivity index (χ0n) is 19.8. The Bertz CT molecular complexity index is 1070. The van der Waals surface area contributed by atoms with E-state index in [9.17, 15) is 4.79 Å². The molecule has 0 unspecified atom stereocenters. The molecule has 1 N–H and O–H groups in total. The van der Waals surface area contributed by atoms with Crippen molar-refractivity contribution in [1.29, 1.82) is 0 Å². The van der Waals surface area contributed by atoms with Gasteiger partial charge in [0.25, 0.3) is 5.91 Å². The van der Waals surface area contributed by atoms with Crippen molar-refractivity contribution >= 4 is 11.6 Å². The van der Waals surface area contributed by atoms with Crippen LogP contribution in [0.2, 0.25) is 0 Å². The topological polar surface area (TPSA) is 82.0 Å². The largest absolute Gasteiger partial charge is 0.484 e. The predicted octanol–water partition coefficient (Wildman–Crippen LogP) is 4.17. The van der Waals surface area contributed by atoms with Gasteiger partial charge in [0.1, 0.15) is 5.75 Å². The van der Waals surface area contributed by atoms with E-state index in [-0.39, 0.29) is 12.5 Å².